The van der Waals surface area contributed by atoms with Gasteiger partial charge in [-0.25, -0.2) is 10.4 Å². The lowest BCUT2D eigenvalue weighted by Crippen LogP contribution is -2.63. The molecule has 5 bridgehead atoms. The Morgan fingerprint density at radius 3 is 2.47 bits per heavy atom. The van der Waals surface area contributed by atoms with Crippen LogP contribution in [0.5, 0.6) is 0 Å². The maximum Gasteiger partial charge on any atom is 0.404 e. The minimum atomic E-state index is -4.69. The van der Waals surface area contributed by atoms with Crippen LogP contribution in [0.15, 0.2) is 36.4 Å². The molecule has 1 aromatic heterocycles. The summed E-state index contributed by atoms with van der Waals surface area (Å²) in [4.78, 5) is 44.3. The number of esters is 1. The highest BCUT2D eigenvalue weighted by atomic mass is 19.4. The van der Waals surface area contributed by atoms with E-state index in [0.29, 0.717) is 29.6 Å². The number of halogens is 3. The molecule has 0 saturated carbocycles. The molecule has 0 radical (unpaired) electrons. The van der Waals surface area contributed by atoms with Gasteiger partial charge in [0, 0.05) is 17.3 Å². The molecular weight excluding hydrogens is 563 g/mol. The van der Waals surface area contributed by atoms with E-state index in [0.717, 1.165) is 5.39 Å². The Labute approximate surface area is 249 Å². The molecule has 2 aromatic rings. The third-order valence-electron chi connectivity index (χ3n) is 7.99. The number of hydrogen-bond donors (Lipinski definition) is 3. The monoisotopic (exact) mass is 603 g/mol. The van der Waals surface area contributed by atoms with Crippen molar-refractivity contribution < 1.29 is 32.3 Å². The first-order valence-corrected chi connectivity index (χ1v) is 14.6. The molecule has 4 rings (SSSR count). The molecule has 0 spiro atoms. The van der Waals surface area contributed by atoms with E-state index in [1.165, 1.54) is 31.9 Å². The highest BCUT2D eigenvalue weighted by Gasteiger charge is 2.50. The molecule has 5 atom stereocenters. The second-order valence-electron chi connectivity index (χ2n) is 12.3. The van der Waals surface area contributed by atoms with Crippen LogP contribution in [-0.4, -0.2) is 64.7 Å². The smallest absolute Gasteiger partial charge is 0.404 e. The summed E-state index contributed by atoms with van der Waals surface area (Å²) in [6.45, 7) is 9.64. The largest absolute Gasteiger partial charge is 0.455 e. The van der Waals surface area contributed by atoms with Gasteiger partial charge in [0.25, 0.3) is 5.91 Å². The summed E-state index contributed by atoms with van der Waals surface area (Å²) in [7, 11) is 0. The number of nitrogens with one attached hydrogen (secondary N) is 3. The molecule has 43 heavy (non-hydrogen) atoms. The number of alkyl halides is 3. The van der Waals surface area contributed by atoms with Crippen LogP contribution in [0.2, 0.25) is 0 Å². The summed E-state index contributed by atoms with van der Waals surface area (Å²) in [5, 5.41) is 7.21. The number of aromatic nitrogens is 1. The van der Waals surface area contributed by atoms with Crippen LogP contribution in [-0.2, 0) is 19.1 Å². The predicted octanol–water partition coefficient (Wildman–Crippen LogP) is 4.44. The van der Waals surface area contributed by atoms with E-state index in [9.17, 15) is 27.6 Å². The Balaban J connectivity index is 1.76. The van der Waals surface area contributed by atoms with Crippen molar-refractivity contribution in [1.82, 2.24) is 26.1 Å². The maximum atomic E-state index is 14.5. The molecule has 3 heterocycles. The average Bonchev–Trinajstić information content (AvgIpc) is 2.93. The summed E-state index contributed by atoms with van der Waals surface area (Å²) < 4.78 is 49.3. The number of fused-ring (bicyclic) bond motifs is 4. The summed E-state index contributed by atoms with van der Waals surface area (Å²) >= 11 is 0. The third kappa shape index (κ3) is 7.53. The number of hydrazine groups is 1. The standard InChI is InChI=1S/C31H40F3N5O4/c1-17(2)25-26(40)35-18(3)27(41)39-15-7-8-23(38-39)28(42)43-19(4)22-12-11-21-10-9-20(16-24(21)36-22)13-14-30(5,6)29(37-25)31(32,33)34/h9-14,16-19,23,25,29,37-38H,7-8,15H2,1-6H3,(H,35,40)/b14-13+/t18-,19+,23-,25-,29?/m0/s1. The van der Waals surface area contributed by atoms with E-state index in [1.807, 2.05) is 12.1 Å². The second-order valence-corrected chi connectivity index (χ2v) is 12.3. The van der Waals surface area contributed by atoms with Gasteiger partial charge in [0.15, 0.2) is 0 Å². The number of pyridine rings is 1. The maximum absolute atomic E-state index is 14.5. The minimum Gasteiger partial charge on any atom is -0.455 e. The van der Waals surface area contributed by atoms with Crippen molar-refractivity contribution in [3.05, 3.63) is 47.7 Å². The first kappa shape index (κ1) is 32.4. The minimum absolute atomic E-state index is 0.287. The fourth-order valence-corrected chi connectivity index (χ4v) is 5.40. The topological polar surface area (TPSA) is 113 Å². The Bertz CT molecular complexity index is 1390. The summed E-state index contributed by atoms with van der Waals surface area (Å²) in [5.41, 5.74) is 3.17. The van der Waals surface area contributed by atoms with Gasteiger partial charge in [-0.1, -0.05) is 58.0 Å². The highest BCUT2D eigenvalue weighted by Crippen LogP contribution is 2.36. The Morgan fingerprint density at radius 1 is 1.09 bits per heavy atom. The van der Waals surface area contributed by atoms with Crippen LogP contribution in [0.4, 0.5) is 13.2 Å². The normalized spacial score (nSPS) is 28.5. The van der Waals surface area contributed by atoms with Crippen LogP contribution in [0.1, 0.15) is 71.7 Å². The van der Waals surface area contributed by atoms with Crippen molar-refractivity contribution in [3.63, 3.8) is 0 Å². The summed E-state index contributed by atoms with van der Waals surface area (Å²) in [5.74, 6) is -2.32. The van der Waals surface area contributed by atoms with Crippen molar-refractivity contribution in [3.8, 4) is 0 Å². The van der Waals surface area contributed by atoms with Crippen LogP contribution in [0.25, 0.3) is 17.0 Å². The summed E-state index contributed by atoms with van der Waals surface area (Å²) in [6.07, 6.45) is -1.36. The third-order valence-corrected chi connectivity index (χ3v) is 7.99. The molecule has 1 unspecified atom stereocenters. The number of hydrogen-bond acceptors (Lipinski definition) is 7. The molecule has 9 nitrogen and oxygen atoms in total. The molecular formula is C31H40F3N5O4. The molecule has 2 aliphatic heterocycles. The van der Waals surface area contributed by atoms with Crippen molar-refractivity contribution >= 4 is 34.8 Å². The summed E-state index contributed by atoms with van der Waals surface area (Å²) in [6, 6.07) is 3.79. The second kappa shape index (κ2) is 12.6. The van der Waals surface area contributed by atoms with E-state index >= 15 is 0 Å². The number of benzene rings is 1. The van der Waals surface area contributed by atoms with Crippen LogP contribution in [0, 0.1) is 11.3 Å². The first-order chi connectivity index (χ1) is 20.1. The zero-order valence-corrected chi connectivity index (χ0v) is 25.3. The van der Waals surface area contributed by atoms with Gasteiger partial charge >= 0.3 is 12.1 Å². The molecule has 1 aromatic carbocycles. The van der Waals surface area contributed by atoms with Crippen molar-refractivity contribution in [2.75, 3.05) is 6.54 Å². The molecule has 2 amide bonds. The lowest BCUT2D eigenvalue weighted by molar-refractivity contribution is -0.177. The molecule has 12 heteroatoms. The molecule has 0 aliphatic carbocycles. The van der Waals surface area contributed by atoms with Crippen molar-refractivity contribution in [2.45, 2.75) is 90.8 Å². The van der Waals surface area contributed by atoms with Crippen LogP contribution in [0.3, 0.4) is 0 Å². The highest BCUT2D eigenvalue weighted by molar-refractivity contribution is 5.90. The van der Waals surface area contributed by atoms with Gasteiger partial charge in [0.05, 0.1) is 17.3 Å². The number of cyclic esters (lactones) is 1. The Kier molecular flexibility index (Phi) is 9.51. The molecule has 2 aliphatic rings. The van der Waals surface area contributed by atoms with Crippen molar-refractivity contribution in [1.29, 1.82) is 0 Å². The van der Waals surface area contributed by atoms with Gasteiger partial charge < -0.3 is 10.1 Å². The van der Waals surface area contributed by atoms with Crippen LogP contribution >= 0.6 is 0 Å². The number of rotatable bonds is 1. The zero-order chi connectivity index (χ0) is 31.7. The molecule has 234 valence electrons. The predicted molar refractivity (Wildman–Crippen MR) is 156 cm³/mol. The Morgan fingerprint density at radius 2 is 1.79 bits per heavy atom. The van der Waals surface area contributed by atoms with Gasteiger partial charge in [0.1, 0.15) is 24.2 Å². The molecule has 3 N–H and O–H groups in total. The first-order valence-electron chi connectivity index (χ1n) is 14.6. The van der Waals surface area contributed by atoms with Crippen molar-refractivity contribution in [2.24, 2.45) is 11.3 Å². The van der Waals surface area contributed by atoms with E-state index in [4.69, 9.17) is 4.74 Å². The van der Waals surface area contributed by atoms with E-state index in [-0.39, 0.29) is 6.54 Å². The van der Waals surface area contributed by atoms with Gasteiger partial charge in [-0.2, -0.15) is 13.2 Å². The SMILES string of the molecule is CC(C)[C@@H]1NC(C(F)(F)F)C(C)(C)/C=C/c2ccc3ccc(nc3c2)[C@@H](C)OC(=O)[C@@H]2CCCN(N2)C(=O)[C@H](C)NC1=O. The Hall–Kier alpha value is -3.51. The lowest BCUT2D eigenvalue weighted by atomic mass is 9.82. The number of carbonyl (C=O) groups excluding carboxylic acids is 3. The van der Waals surface area contributed by atoms with Gasteiger partial charge in [-0.05, 0) is 50.3 Å². The van der Waals surface area contributed by atoms with Gasteiger partial charge in [0.2, 0.25) is 5.91 Å². The number of ether oxygens (including phenoxy) is 1. The fraction of sp³-hybridized carbons (Fsp3) is 0.548. The molecule has 1 saturated heterocycles. The van der Waals surface area contributed by atoms with Gasteiger partial charge in [-0.15, -0.1) is 0 Å². The zero-order valence-electron chi connectivity index (χ0n) is 25.3. The van der Waals surface area contributed by atoms with Crippen LogP contribution < -0.4 is 16.1 Å². The van der Waals surface area contributed by atoms with Gasteiger partial charge in [-0.3, -0.25) is 24.7 Å². The lowest BCUT2D eigenvalue weighted by Gasteiger charge is -2.38. The van der Waals surface area contributed by atoms with E-state index < -0.39 is 65.6 Å². The average molecular weight is 604 g/mol. The quantitative estimate of drug-likeness (QED) is 0.414. The van der Waals surface area contributed by atoms with E-state index in [1.54, 1.807) is 45.0 Å². The number of nitrogens with zero attached hydrogens (tertiary/aromatic N) is 2. The fourth-order valence-electron chi connectivity index (χ4n) is 5.40. The van der Waals surface area contributed by atoms with E-state index in [2.05, 4.69) is 21.0 Å². The molecule has 1 fully saturated rings. The number of amides is 2. The number of carbonyl (C=O) groups is 3.